The first-order chi connectivity index (χ1) is 15.9. The van der Waals surface area contributed by atoms with Gasteiger partial charge in [0.25, 0.3) is 11.8 Å². The second-order valence-corrected chi connectivity index (χ2v) is 8.17. The van der Waals surface area contributed by atoms with E-state index in [0.717, 1.165) is 29.3 Å². The molecule has 3 aromatic rings. The van der Waals surface area contributed by atoms with Crippen molar-refractivity contribution in [3.05, 3.63) is 70.9 Å². The Morgan fingerprint density at radius 3 is 2.45 bits per heavy atom. The molecule has 4 rings (SSSR count). The van der Waals surface area contributed by atoms with Crippen molar-refractivity contribution in [1.29, 1.82) is 0 Å². The van der Waals surface area contributed by atoms with Crippen molar-refractivity contribution >= 4 is 46.1 Å². The van der Waals surface area contributed by atoms with E-state index >= 15 is 0 Å². The third-order valence-corrected chi connectivity index (χ3v) is 5.59. The van der Waals surface area contributed by atoms with Crippen LogP contribution >= 0.6 is 11.6 Å². The van der Waals surface area contributed by atoms with Crippen molar-refractivity contribution in [1.82, 2.24) is 26.5 Å². The van der Waals surface area contributed by atoms with Gasteiger partial charge in [-0.1, -0.05) is 41.9 Å². The average Bonchev–Trinajstić information content (AvgIpc) is 3.54. The number of carbonyl (C=O) groups is 4. The number of aromatic amines is 1. The highest BCUT2D eigenvalue weighted by Gasteiger charge is 2.28. The number of benzene rings is 2. The molecule has 33 heavy (non-hydrogen) atoms. The van der Waals surface area contributed by atoms with Gasteiger partial charge < -0.3 is 15.6 Å². The lowest BCUT2D eigenvalue weighted by Gasteiger charge is -2.19. The van der Waals surface area contributed by atoms with Gasteiger partial charge in [-0.15, -0.1) is 0 Å². The second kappa shape index (κ2) is 9.74. The smallest absolute Gasteiger partial charge is 0.327 e. The van der Waals surface area contributed by atoms with Crippen LogP contribution in [0.5, 0.6) is 0 Å². The minimum absolute atomic E-state index is 0.00322. The van der Waals surface area contributed by atoms with Crippen molar-refractivity contribution < 1.29 is 19.2 Å². The first-order valence-electron chi connectivity index (χ1n) is 10.4. The molecule has 0 saturated heterocycles. The Kier molecular flexibility index (Phi) is 6.60. The summed E-state index contributed by atoms with van der Waals surface area (Å²) >= 11 is 6.12. The SMILES string of the molecule is O=C(NNC(=O)[C@@H](Cc1c[nH]c2ccccc12)NC(=O)c1ccccc1Cl)C(=O)NC1CC1. The summed E-state index contributed by atoms with van der Waals surface area (Å²) < 4.78 is 0. The topological polar surface area (TPSA) is 132 Å². The molecular formula is C23H22ClN5O4. The predicted molar refractivity (Wildman–Crippen MR) is 122 cm³/mol. The summed E-state index contributed by atoms with van der Waals surface area (Å²) in [6.45, 7) is 0. The van der Waals surface area contributed by atoms with E-state index in [1.165, 1.54) is 0 Å². The molecule has 1 saturated carbocycles. The number of halogens is 1. The van der Waals surface area contributed by atoms with E-state index in [-0.39, 0.29) is 23.0 Å². The largest absolute Gasteiger partial charge is 0.361 e. The van der Waals surface area contributed by atoms with E-state index in [4.69, 9.17) is 11.6 Å². The zero-order valence-electron chi connectivity index (χ0n) is 17.5. The van der Waals surface area contributed by atoms with E-state index in [2.05, 4.69) is 26.5 Å². The zero-order chi connectivity index (χ0) is 23.4. The van der Waals surface area contributed by atoms with Crippen LogP contribution in [-0.2, 0) is 20.8 Å². The number of para-hydroxylation sites is 1. The Morgan fingerprint density at radius 1 is 0.970 bits per heavy atom. The van der Waals surface area contributed by atoms with E-state index in [0.29, 0.717) is 0 Å². The molecule has 1 aliphatic rings. The molecule has 0 spiro atoms. The molecule has 1 fully saturated rings. The summed E-state index contributed by atoms with van der Waals surface area (Å²) in [5.41, 5.74) is 6.22. The summed E-state index contributed by atoms with van der Waals surface area (Å²) in [7, 11) is 0. The minimum Gasteiger partial charge on any atom is -0.361 e. The molecule has 1 atom stereocenters. The molecule has 2 aromatic carbocycles. The molecule has 0 aliphatic heterocycles. The first-order valence-corrected chi connectivity index (χ1v) is 10.8. The van der Waals surface area contributed by atoms with Gasteiger partial charge in [0.1, 0.15) is 6.04 Å². The van der Waals surface area contributed by atoms with Crippen molar-refractivity contribution in [2.45, 2.75) is 31.3 Å². The fourth-order valence-electron chi connectivity index (χ4n) is 3.35. The quantitative estimate of drug-likeness (QED) is 0.278. The maximum atomic E-state index is 12.9. The number of carbonyl (C=O) groups excluding carboxylic acids is 4. The normalized spacial score (nSPS) is 13.7. The van der Waals surface area contributed by atoms with Gasteiger partial charge in [-0.3, -0.25) is 30.0 Å². The molecule has 0 unspecified atom stereocenters. The van der Waals surface area contributed by atoms with Crippen LogP contribution in [0.1, 0.15) is 28.8 Å². The van der Waals surface area contributed by atoms with Crippen molar-refractivity contribution in [3.8, 4) is 0 Å². The van der Waals surface area contributed by atoms with Crippen LogP contribution in [0.3, 0.4) is 0 Å². The lowest BCUT2D eigenvalue weighted by Crippen LogP contribution is -2.55. The van der Waals surface area contributed by atoms with Gasteiger partial charge in [0.05, 0.1) is 10.6 Å². The van der Waals surface area contributed by atoms with E-state index < -0.39 is 29.7 Å². The van der Waals surface area contributed by atoms with Gasteiger partial charge in [-0.25, -0.2) is 0 Å². The Morgan fingerprint density at radius 2 is 1.70 bits per heavy atom. The number of H-pyrrole nitrogens is 1. The molecule has 5 N–H and O–H groups in total. The van der Waals surface area contributed by atoms with Crippen molar-refractivity contribution in [2.24, 2.45) is 0 Å². The number of aromatic nitrogens is 1. The van der Waals surface area contributed by atoms with Gasteiger partial charge in [0.15, 0.2) is 0 Å². The van der Waals surface area contributed by atoms with Crippen LogP contribution in [0.25, 0.3) is 10.9 Å². The third kappa shape index (κ3) is 5.50. The van der Waals surface area contributed by atoms with E-state index in [1.807, 2.05) is 24.3 Å². The fraction of sp³-hybridized carbons (Fsp3) is 0.217. The summed E-state index contributed by atoms with van der Waals surface area (Å²) in [4.78, 5) is 52.6. The highest BCUT2D eigenvalue weighted by atomic mass is 35.5. The van der Waals surface area contributed by atoms with E-state index in [9.17, 15) is 19.2 Å². The van der Waals surface area contributed by atoms with Gasteiger partial charge in [0.2, 0.25) is 0 Å². The molecule has 170 valence electrons. The maximum Gasteiger partial charge on any atom is 0.327 e. The summed E-state index contributed by atoms with van der Waals surface area (Å²) in [5, 5.41) is 6.34. The summed E-state index contributed by atoms with van der Waals surface area (Å²) in [5.74, 6) is -3.05. The number of amides is 4. The van der Waals surface area contributed by atoms with E-state index in [1.54, 1.807) is 30.5 Å². The average molecular weight is 468 g/mol. The number of hydrogen-bond donors (Lipinski definition) is 5. The van der Waals surface area contributed by atoms with Crippen LogP contribution in [0.15, 0.2) is 54.7 Å². The highest BCUT2D eigenvalue weighted by Crippen LogP contribution is 2.20. The molecule has 9 nitrogen and oxygen atoms in total. The monoisotopic (exact) mass is 467 g/mol. The standard InChI is InChI=1S/C23H22ClN5O4/c24-17-7-3-1-6-16(17)20(30)27-19(11-13-12-25-18-8-4-2-5-15(13)18)21(31)28-29-23(33)22(32)26-14-9-10-14/h1-8,12,14,19,25H,9-11H2,(H,26,32)(H,27,30)(H,28,31)(H,29,33)/t19-/m1/s1. The molecule has 1 heterocycles. The molecule has 1 aromatic heterocycles. The molecular weight excluding hydrogens is 446 g/mol. The van der Waals surface area contributed by atoms with Gasteiger partial charge in [-0.2, -0.15) is 0 Å². The van der Waals surface area contributed by atoms with Gasteiger partial charge >= 0.3 is 11.8 Å². The van der Waals surface area contributed by atoms with Crippen molar-refractivity contribution in [2.75, 3.05) is 0 Å². The molecule has 0 radical (unpaired) electrons. The number of hydrogen-bond acceptors (Lipinski definition) is 4. The van der Waals surface area contributed by atoms with Crippen LogP contribution in [0.2, 0.25) is 5.02 Å². The van der Waals surface area contributed by atoms with Gasteiger partial charge in [-0.05, 0) is 36.6 Å². The molecule has 1 aliphatic carbocycles. The fourth-order valence-corrected chi connectivity index (χ4v) is 3.57. The van der Waals surface area contributed by atoms with Crippen LogP contribution < -0.4 is 21.5 Å². The molecule has 0 bridgehead atoms. The first kappa shape index (κ1) is 22.3. The van der Waals surface area contributed by atoms with Crippen LogP contribution in [0, 0.1) is 0 Å². The third-order valence-electron chi connectivity index (χ3n) is 5.26. The Bertz CT molecular complexity index is 1220. The van der Waals surface area contributed by atoms with Gasteiger partial charge in [0, 0.05) is 29.6 Å². The zero-order valence-corrected chi connectivity index (χ0v) is 18.2. The summed E-state index contributed by atoms with van der Waals surface area (Å²) in [6, 6.07) is 13.0. The molecule has 4 amide bonds. The van der Waals surface area contributed by atoms with Crippen molar-refractivity contribution in [3.63, 3.8) is 0 Å². The number of hydrazine groups is 1. The molecule has 10 heteroatoms. The highest BCUT2D eigenvalue weighted by molar-refractivity contribution is 6.35. The summed E-state index contributed by atoms with van der Waals surface area (Å²) in [6.07, 6.45) is 3.54. The van der Waals surface area contributed by atoms with Crippen LogP contribution in [0.4, 0.5) is 0 Å². The lowest BCUT2D eigenvalue weighted by atomic mass is 10.0. The number of nitrogens with one attached hydrogen (secondary N) is 5. The lowest BCUT2D eigenvalue weighted by molar-refractivity contribution is -0.141. The predicted octanol–water partition coefficient (Wildman–Crippen LogP) is 1.59. The Labute approximate surface area is 194 Å². The number of fused-ring (bicyclic) bond motifs is 1. The minimum atomic E-state index is -1.06. The maximum absolute atomic E-state index is 12.9. The Hall–Kier alpha value is -3.85. The second-order valence-electron chi connectivity index (χ2n) is 7.76. The Balaban J connectivity index is 1.49. The van der Waals surface area contributed by atoms with Crippen LogP contribution in [-0.4, -0.2) is 40.7 Å². The number of rotatable bonds is 6.